The molecule has 3 heterocycles. The SMILES string of the molecule is O=C1OCCN1c1ccc(N2CCC[C@]3(CCN([C@H]4CC[C@H](O)CC4)C3=O)C2)c(C(F)(F)F)c1. The second-order valence-electron chi connectivity index (χ2n) is 9.98. The molecular weight excluding hydrogens is 451 g/mol. The highest BCUT2D eigenvalue weighted by atomic mass is 19.4. The minimum absolute atomic E-state index is 0.0450. The highest BCUT2D eigenvalue weighted by molar-refractivity contribution is 5.90. The summed E-state index contributed by atoms with van der Waals surface area (Å²) in [6.45, 7) is 1.68. The number of rotatable bonds is 3. The first-order valence-electron chi connectivity index (χ1n) is 12.1. The molecule has 0 unspecified atom stereocenters. The summed E-state index contributed by atoms with van der Waals surface area (Å²) >= 11 is 0. The van der Waals surface area contributed by atoms with Gasteiger partial charge in [-0.2, -0.15) is 13.2 Å². The number of hydrogen-bond acceptors (Lipinski definition) is 5. The summed E-state index contributed by atoms with van der Waals surface area (Å²) in [6.07, 6.45) is -0.707. The van der Waals surface area contributed by atoms with Gasteiger partial charge in [0.1, 0.15) is 6.61 Å². The van der Waals surface area contributed by atoms with Gasteiger partial charge in [-0.1, -0.05) is 0 Å². The van der Waals surface area contributed by atoms with Crippen LogP contribution in [0.1, 0.15) is 50.5 Å². The van der Waals surface area contributed by atoms with Crippen LogP contribution in [0.15, 0.2) is 18.2 Å². The number of halogens is 3. The molecule has 7 nitrogen and oxygen atoms in total. The number of hydrogen-bond donors (Lipinski definition) is 1. The zero-order valence-corrected chi connectivity index (χ0v) is 19.0. The van der Waals surface area contributed by atoms with Crippen LogP contribution in [-0.2, 0) is 15.7 Å². The number of aliphatic hydroxyl groups excluding tert-OH is 1. The van der Waals surface area contributed by atoms with E-state index in [2.05, 4.69) is 0 Å². The maximum absolute atomic E-state index is 14.1. The van der Waals surface area contributed by atoms with Crippen molar-refractivity contribution in [3.63, 3.8) is 0 Å². The third-order valence-corrected chi connectivity index (χ3v) is 7.93. The van der Waals surface area contributed by atoms with E-state index < -0.39 is 23.2 Å². The number of cyclic esters (lactones) is 1. The molecule has 0 radical (unpaired) electrons. The topological polar surface area (TPSA) is 73.3 Å². The van der Waals surface area contributed by atoms with Crippen molar-refractivity contribution in [3.8, 4) is 0 Å². The molecule has 0 bridgehead atoms. The number of piperidine rings is 1. The lowest BCUT2D eigenvalue weighted by atomic mass is 9.78. The van der Waals surface area contributed by atoms with Crippen LogP contribution in [0, 0.1) is 5.41 Å². The van der Waals surface area contributed by atoms with Crippen molar-refractivity contribution >= 4 is 23.4 Å². The molecule has 1 spiro atoms. The summed E-state index contributed by atoms with van der Waals surface area (Å²) in [5.41, 5.74) is -1.26. The predicted molar refractivity (Wildman–Crippen MR) is 119 cm³/mol. The molecule has 5 rings (SSSR count). The molecule has 34 heavy (non-hydrogen) atoms. The Balaban J connectivity index is 1.39. The number of alkyl halides is 3. The van der Waals surface area contributed by atoms with Crippen molar-refractivity contribution in [1.29, 1.82) is 0 Å². The van der Waals surface area contributed by atoms with Crippen LogP contribution in [0.2, 0.25) is 0 Å². The average molecular weight is 482 g/mol. The monoisotopic (exact) mass is 481 g/mol. The van der Waals surface area contributed by atoms with Gasteiger partial charge in [0.15, 0.2) is 0 Å². The molecule has 1 N–H and O–H groups in total. The molecule has 1 atom stereocenters. The van der Waals surface area contributed by atoms with Crippen LogP contribution in [-0.4, -0.2) is 66.9 Å². The van der Waals surface area contributed by atoms with Crippen LogP contribution in [0.3, 0.4) is 0 Å². The molecule has 3 saturated heterocycles. The smallest absolute Gasteiger partial charge is 0.418 e. The molecule has 1 saturated carbocycles. The molecule has 4 fully saturated rings. The van der Waals surface area contributed by atoms with Gasteiger partial charge in [0.05, 0.1) is 23.6 Å². The predicted octanol–water partition coefficient (Wildman–Crippen LogP) is 3.78. The Bertz CT molecular complexity index is 963. The molecule has 3 aliphatic heterocycles. The Kier molecular flexibility index (Phi) is 5.90. The zero-order valence-electron chi connectivity index (χ0n) is 19.0. The van der Waals surface area contributed by atoms with Gasteiger partial charge in [0.25, 0.3) is 0 Å². The fraction of sp³-hybridized carbons (Fsp3) is 0.667. The summed E-state index contributed by atoms with van der Waals surface area (Å²) in [5.74, 6) is 0.0450. The summed E-state index contributed by atoms with van der Waals surface area (Å²) in [7, 11) is 0. The first-order valence-corrected chi connectivity index (χ1v) is 12.1. The van der Waals surface area contributed by atoms with E-state index in [9.17, 15) is 27.9 Å². The number of benzene rings is 1. The van der Waals surface area contributed by atoms with E-state index in [0.29, 0.717) is 45.2 Å². The van der Waals surface area contributed by atoms with Crippen LogP contribution in [0.5, 0.6) is 0 Å². The van der Waals surface area contributed by atoms with E-state index in [1.54, 1.807) is 4.90 Å². The van der Waals surface area contributed by atoms with E-state index in [4.69, 9.17) is 4.74 Å². The van der Waals surface area contributed by atoms with Gasteiger partial charge in [-0.05, 0) is 63.1 Å². The van der Waals surface area contributed by atoms with E-state index in [1.165, 1.54) is 17.0 Å². The standard InChI is InChI=1S/C24H30F3N3O4/c25-24(26,27)19-14-17(30-12-13-34-22(30)33)4-7-20(19)28-10-1-8-23(15-28)9-11-29(21(23)32)16-2-5-18(31)6-3-16/h4,7,14,16,18,31H,1-3,5-6,8-13,15H2/t16-,18-,23-/m0/s1. The molecule has 1 aromatic carbocycles. The van der Waals surface area contributed by atoms with Crippen molar-refractivity contribution in [2.24, 2.45) is 5.41 Å². The third-order valence-electron chi connectivity index (χ3n) is 7.93. The zero-order chi connectivity index (χ0) is 24.1. The fourth-order valence-corrected chi connectivity index (χ4v) is 6.10. The molecule has 2 amide bonds. The van der Waals surface area contributed by atoms with Crippen LogP contribution >= 0.6 is 0 Å². The van der Waals surface area contributed by atoms with Gasteiger partial charge in [0.2, 0.25) is 5.91 Å². The Hall–Kier alpha value is -2.49. The number of anilines is 2. The quantitative estimate of drug-likeness (QED) is 0.712. The average Bonchev–Trinajstić information content (AvgIpc) is 3.37. The summed E-state index contributed by atoms with van der Waals surface area (Å²) in [5, 5.41) is 9.80. The minimum atomic E-state index is -4.60. The molecular formula is C24H30F3N3O4. The number of ether oxygens (including phenoxy) is 1. The lowest BCUT2D eigenvalue weighted by Crippen LogP contribution is -2.50. The third kappa shape index (κ3) is 4.10. The molecule has 10 heteroatoms. The second kappa shape index (κ2) is 8.62. The lowest BCUT2D eigenvalue weighted by molar-refractivity contribution is -0.139. The minimum Gasteiger partial charge on any atom is -0.447 e. The normalized spacial score (nSPS) is 30.4. The molecule has 4 aliphatic rings. The summed E-state index contributed by atoms with van der Waals surface area (Å²) in [6, 6.07) is 4.06. The Labute approximate surface area is 196 Å². The summed E-state index contributed by atoms with van der Waals surface area (Å²) in [4.78, 5) is 30.2. The van der Waals surface area contributed by atoms with Crippen molar-refractivity contribution in [3.05, 3.63) is 23.8 Å². The van der Waals surface area contributed by atoms with Gasteiger partial charge in [0, 0.05) is 37.1 Å². The Morgan fingerprint density at radius 1 is 1.03 bits per heavy atom. The van der Waals surface area contributed by atoms with Crippen LogP contribution < -0.4 is 9.80 Å². The van der Waals surface area contributed by atoms with Crippen molar-refractivity contribution in [2.75, 3.05) is 42.6 Å². The van der Waals surface area contributed by atoms with E-state index in [0.717, 1.165) is 18.9 Å². The van der Waals surface area contributed by atoms with Crippen molar-refractivity contribution in [1.82, 2.24) is 4.90 Å². The van der Waals surface area contributed by atoms with E-state index in [-0.39, 0.29) is 49.1 Å². The molecule has 1 aliphatic carbocycles. The number of carbonyl (C=O) groups is 2. The van der Waals surface area contributed by atoms with Crippen molar-refractivity contribution in [2.45, 2.75) is 63.3 Å². The van der Waals surface area contributed by atoms with Gasteiger partial charge in [-0.3, -0.25) is 9.69 Å². The summed E-state index contributed by atoms with van der Waals surface area (Å²) < 4.78 is 47.1. The van der Waals surface area contributed by atoms with Gasteiger partial charge in [-0.15, -0.1) is 0 Å². The molecule has 0 aromatic heterocycles. The first-order chi connectivity index (χ1) is 16.2. The number of carbonyl (C=O) groups excluding carboxylic acids is 2. The van der Waals surface area contributed by atoms with Gasteiger partial charge >= 0.3 is 12.3 Å². The Morgan fingerprint density at radius 2 is 1.79 bits per heavy atom. The highest BCUT2D eigenvalue weighted by Gasteiger charge is 2.51. The van der Waals surface area contributed by atoms with E-state index in [1.807, 2.05) is 4.90 Å². The number of aliphatic hydroxyl groups is 1. The van der Waals surface area contributed by atoms with E-state index >= 15 is 0 Å². The molecule has 1 aromatic rings. The van der Waals surface area contributed by atoms with Crippen LogP contribution in [0.4, 0.5) is 29.3 Å². The number of likely N-dealkylation sites (tertiary alicyclic amines) is 1. The second-order valence-corrected chi connectivity index (χ2v) is 9.98. The maximum Gasteiger partial charge on any atom is 0.418 e. The molecule has 186 valence electrons. The highest BCUT2D eigenvalue weighted by Crippen LogP contribution is 2.46. The van der Waals surface area contributed by atoms with Gasteiger partial charge in [-0.25, -0.2) is 4.79 Å². The maximum atomic E-state index is 14.1. The van der Waals surface area contributed by atoms with Crippen LogP contribution in [0.25, 0.3) is 0 Å². The number of nitrogens with zero attached hydrogens (tertiary/aromatic N) is 3. The fourth-order valence-electron chi connectivity index (χ4n) is 6.10. The Morgan fingerprint density at radius 3 is 2.47 bits per heavy atom. The van der Waals surface area contributed by atoms with Gasteiger partial charge < -0.3 is 19.6 Å². The van der Waals surface area contributed by atoms with Crippen molar-refractivity contribution < 1.29 is 32.6 Å². The largest absolute Gasteiger partial charge is 0.447 e. The lowest BCUT2D eigenvalue weighted by Gasteiger charge is -2.42. The first kappa shape index (κ1) is 23.3. The number of amides is 2.